The van der Waals surface area contributed by atoms with E-state index in [1.807, 2.05) is 0 Å². The van der Waals surface area contributed by atoms with Crippen LogP contribution in [0.3, 0.4) is 0 Å². The van der Waals surface area contributed by atoms with Crippen LogP contribution < -0.4 is 18.9 Å². The smallest absolute Gasteiger partial charge is 0.231 e. The first-order chi connectivity index (χ1) is 13.7. The van der Waals surface area contributed by atoms with Gasteiger partial charge in [0.2, 0.25) is 13.6 Å². The summed E-state index contributed by atoms with van der Waals surface area (Å²) < 4.78 is 22.8. The van der Waals surface area contributed by atoms with Crippen LogP contribution in [0.15, 0.2) is 30.3 Å². The van der Waals surface area contributed by atoms with E-state index < -0.39 is 0 Å². The van der Waals surface area contributed by atoms with Gasteiger partial charge in [-0.2, -0.15) is 0 Å². The molecule has 1 fully saturated rings. The first kappa shape index (κ1) is 16.5. The Morgan fingerprint density at radius 1 is 0.893 bits per heavy atom. The van der Waals surface area contributed by atoms with Crippen LogP contribution in [0.25, 0.3) is 0 Å². The van der Waals surface area contributed by atoms with Gasteiger partial charge >= 0.3 is 0 Å². The number of likely N-dealkylation sites (tertiary alicyclic amines) is 1. The Kier molecular flexibility index (Phi) is 3.57. The van der Waals surface area contributed by atoms with Gasteiger partial charge in [0.1, 0.15) is 0 Å². The van der Waals surface area contributed by atoms with Crippen molar-refractivity contribution < 1.29 is 18.9 Å². The van der Waals surface area contributed by atoms with E-state index in [9.17, 15) is 0 Å². The van der Waals surface area contributed by atoms with E-state index in [0.717, 1.165) is 48.9 Å². The maximum atomic E-state index is 5.93. The summed E-state index contributed by atoms with van der Waals surface area (Å²) in [6, 6.07) is 10.8. The largest absolute Gasteiger partial charge is 0.454 e. The van der Waals surface area contributed by atoms with Crippen molar-refractivity contribution in [1.82, 2.24) is 4.90 Å². The molecule has 0 amide bonds. The second-order valence-electron chi connectivity index (χ2n) is 8.51. The molecule has 0 bridgehead atoms. The summed E-state index contributed by atoms with van der Waals surface area (Å²) in [5.41, 5.74) is 4.05. The van der Waals surface area contributed by atoms with Crippen molar-refractivity contribution in [3.05, 3.63) is 47.0 Å². The van der Waals surface area contributed by atoms with E-state index in [0.29, 0.717) is 19.5 Å². The number of benzene rings is 2. The minimum absolute atomic E-state index is 0.00605. The lowest BCUT2D eigenvalue weighted by molar-refractivity contribution is 0.104. The van der Waals surface area contributed by atoms with E-state index in [1.165, 1.54) is 29.5 Å². The molecular formula is C23H25NO4. The lowest BCUT2D eigenvalue weighted by atomic mass is 9.69. The fourth-order valence-corrected chi connectivity index (χ4v) is 5.56. The minimum Gasteiger partial charge on any atom is -0.454 e. The third kappa shape index (κ3) is 2.35. The predicted octanol–water partition coefficient (Wildman–Crippen LogP) is 4.19. The average molecular weight is 379 g/mol. The van der Waals surface area contributed by atoms with Crippen LogP contribution in [0.1, 0.15) is 48.8 Å². The van der Waals surface area contributed by atoms with Gasteiger partial charge in [0.05, 0.1) is 0 Å². The van der Waals surface area contributed by atoms with Crippen molar-refractivity contribution in [2.24, 2.45) is 0 Å². The van der Waals surface area contributed by atoms with E-state index in [1.54, 1.807) is 0 Å². The molecule has 3 aliphatic heterocycles. The lowest BCUT2D eigenvalue weighted by Crippen LogP contribution is -2.46. The van der Waals surface area contributed by atoms with Crippen molar-refractivity contribution in [3.63, 3.8) is 0 Å². The van der Waals surface area contributed by atoms with Crippen LogP contribution in [0.2, 0.25) is 0 Å². The molecule has 0 N–H and O–H groups in total. The highest BCUT2D eigenvalue weighted by Crippen LogP contribution is 2.52. The number of hydrogen-bond donors (Lipinski definition) is 0. The molecule has 1 saturated heterocycles. The Hall–Kier alpha value is -2.40. The molecule has 3 heterocycles. The highest BCUT2D eigenvalue weighted by Gasteiger charge is 2.44. The second kappa shape index (κ2) is 6.05. The van der Waals surface area contributed by atoms with Crippen LogP contribution in [0.5, 0.6) is 23.0 Å². The minimum atomic E-state index is 0.00605. The Labute approximate surface area is 165 Å². The number of rotatable bonds is 2. The normalized spacial score (nSPS) is 27.8. The van der Waals surface area contributed by atoms with Crippen molar-refractivity contribution in [3.8, 4) is 23.0 Å². The van der Waals surface area contributed by atoms with E-state index >= 15 is 0 Å². The zero-order valence-corrected chi connectivity index (χ0v) is 16.2. The molecule has 0 saturated carbocycles. The van der Waals surface area contributed by atoms with Gasteiger partial charge in [0.15, 0.2) is 23.0 Å². The molecule has 0 spiro atoms. The van der Waals surface area contributed by atoms with Gasteiger partial charge in [-0.15, -0.1) is 0 Å². The van der Waals surface area contributed by atoms with Gasteiger partial charge in [0.25, 0.3) is 0 Å². The predicted molar refractivity (Wildman–Crippen MR) is 104 cm³/mol. The second-order valence-corrected chi connectivity index (χ2v) is 8.51. The van der Waals surface area contributed by atoms with Crippen LogP contribution in [-0.4, -0.2) is 31.6 Å². The van der Waals surface area contributed by atoms with E-state index in [2.05, 4.69) is 42.2 Å². The van der Waals surface area contributed by atoms with Gasteiger partial charge in [-0.3, -0.25) is 4.90 Å². The van der Waals surface area contributed by atoms with Gasteiger partial charge < -0.3 is 18.9 Å². The number of hydrogen-bond acceptors (Lipinski definition) is 5. The van der Waals surface area contributed by atoms with Crippen LogP contribution >= 0.6 is 0 Å². The molecule has 146 valence electrons. The lowest BCUT2D eigenvalue weighted by Gasteiger charge is -2.46. The zero-order chi connectivity index (χ0) is 18.7. The van der Waals surface area contributed by atoms with Gasteiger partial charge in [-0.25, -0.2) is 0 Å². The van der Waals surface area contributed by atoms with E-state index in [4.69, 9.17) is 18.9 Å². The molecule has 28 heavy (non-hydrogen) atoms. The zero-order valence-electron chi connectivity index (χ0n) is 16.2. The molecule has 1 aliphatic carbocycles. The van der Waals surface area contributed by atoms with Gasteiger partial charge in [-0.05, 0) is 80.9 Å². The summed E-state index contributed by atoms with van der Waals surface area (Å²) in [5, 5.41) is 0. The topological polar surface area (TPSA) is 40.2 Å². The molecule has 5 nitrogen and oxygen atoms in total. The highest BCUT2D eigenvalue weighted by molar-refractivity contribution is 5.57. The summed E-state index contributed by atoms with van der Waals surface area (Å²) in [7, 11) is 0. The third-order valence-electron chi connectivity index (χ3n) is 6.99. The van der Waals surface area contributed by atoms with E-state index in [-0.39, 0.29) is 5.54 Å². The van der Waals surface area contributed by atoms with Gasteiger partial charge in [0, 0.05) is 11.1 Å². The van der Waals surface area contributed by atoms with Gasteiger partial charge in [-0.1, -0.05) is 12.1 Å². The Morgan fingerprint density at radius 3 is 2.54 bits per heavy atom. The van der Waals surface area contributed by atoms with Crippen molar-refractivity contribution >= 4 is 0 Å². The Morgan fingerprint density at radius 2 is 1.64 bits per heavy atom. The molecular weight excluding hydrogens is 354 g/mol. The molecule has 0 aromatic heterocycles. The molecule has 0 radical (unpaired) electrons. The fourth-order valence-electron chi connectivity index (χ4n) is 5.56. The quantitative estimate of drug-likeness (QED) is 0.783. The average Bonchev–Trinajstić information content (AvgIpc) is 3.48. The van der Waals surface area contributed by atoms with Crippen LogP contribution in [0, 0.1) is 0 Å². The molecule has 2 aromatic rings. The number of ether oxygens (including phenoxy) is 4. The van der Waals surface area contributed by atoms with Crippen molar-refractivity contribution in [2.45, 2.75) is 44.1 Å². The summed E-state index contributed by atoms with van der Waals surface area (Å²) in [4.78, 5) is 2.67. The number of nitrogens with zero attached hydrogens (tertiary/aromatic N) is 1. The molecule has 4 aliphatic rings. The van der Waals surface area contributed by atoms with Crippen LogP contribution in [-0.2, 0) is 12.0 Å². The summed E-state index contributed by atoms with van der Waals surface area (Å²) in [5.74, 6) is 3.95. The summed E-state index contributed by atoms with van der Waals surface area (Å²) in [6.45, 7) is 5.38. The SMILES string of the molecule is CC1(N2CCCC2)CC(c2ccc3c(c2)OCO3)Cc2c1ccc1c2OCO1. The van der Waals surface area contributed by atoms with Crippen molar-refractivity contribution in [1.29, 1.82) is 0 Å². The van der Waals surface area contributed by atoms with Crippen LogP contribution in [0.4, 0.5) is 0 Å². The highest BCUT2D eigenvalue weighted by atomic mass is 16.7. The maximum Gasteiger partial charge on any atom is 0.231 e. The monoisotopic (exact) mass is 379 g/mol. The molecule has 2 atom stereocenters. The number of fused-ring (bicyclic) bond motifs is 4. The molecule has 6 rings (SSSR count). The Balaban J connectivity index is 1.46. The fraction of sp³-hybridized carbons (Fsp3) is 0.478. The standard InChI is InChI=1S/C23H25NO4/c1-23(24-8-2-3-9-24)12-16(15-4-6-19-21(11-15)27-13-25-19)10-17-18(23)5-7-20-22(17)28-14-26-20/h4-7,11,16H,2-3,8-10,12-14H2,1H3. The molecule has 5 heteroatoms. The van der Waals surface area contributed by atoms with Crippen molar-refractivity contribution in [2.75, 3.05) is 26.7 Å². The maximum absolute atomic E-state index is 5.93. The summed E-state index contributed by atoms with van der Waals surface area (Å²) >= 11 is 0. The molecule has 2 aromatic carbocycles. The Bertz CT molecular complexity index is 936. The first-order valence-corrected chi connectivity index (χ1v) is 10.3. The molecule has 2 unspecified atom stereocenters. The first-order valence-electron chi connectivity index (χ1n) is 10.3. The third-order valence-corrected chi connectivity index (χ3v) is 6.99. The summed E-state index contributed by atoms with van der Waals surface area (Å²) in [6.07, 6.45) is 4.62.